The van der Waals surface area contributed by atoms with Crippen molar-refractivity contribution in [3.8, 4) is 23.1 Å². The van der Waals surface area contributed by atoms with E-state index in [0.717, 1.165) is 16.5 Å². The summed E-state index contributed by atoms with van der Waals surface area (Å²) >= 11 is 5.98. The number of aromatic nitrogens is 2. The fourth-order valence-corrected chi connectivity index (χ4v) is 4.47. The topological polar surface area (TPSA) is 78.9 Å². The highest BCUT2D eigenvalue weighted by Crippen LogP contribution is 2.30. The Morgan fingerprint density at radius 3 is 2.55 bits per heavy atom. The summed E-state index contributed by atoms with van der Waals surface area (Å²) < 4.78 is 19.2. The highest BCUT2D eigenvalue weighted by atomic mass is 35.5. The van der Waals surface area contributed by atoms with Gasteiger partial charge in [0.15, 0.2) is 17.3 Å². The summed E-state index contributed by atoms with van der Waals surface area (Å²) in [5.74, 6) is 1.93. The predicted molar refractivity (Wildman–Crippen MR) is 158 cm³/mol. The maximum absolute atomic E-state index is 13.5. The number of hydrogen-bond acceptors (Lipinski definition) is 6. The lowest BCUT2D eigenvalue weighted by Crippen LogP contribution is -2.20. The van der Waals surface area contributed by atoms with Crippen LogP contribution in [0, 0.1) is 0 Å². The Balaban J connectivity index is 1.36. The van der Waals surface area contributed by atoms with E-state index in [4.69, 9.17) is 30.5 Å². The van der Waals surface area contributed by atoms with Crippen molar-refractivity contribution in [1.82, 2.24) is 9.66 Å². The molecule has 0 saturated heterocycles. The van der Waals surface area contributed by atoms with Gasteiger partial charge in [-0.05, 0) is 72.6 Å². The first-order valence-corrected chi connectivity index (χ1v) is 13.2. The van der Waals surface area contributed by atoms with Gasteiger partial charge < -0.3 is 13.9 Å². The second kappa shape index (κ2) is 11.1. The molecule has 0 aliphatic carbocycles. The molecule has 0 saturated carbocycles. The Bertz CT molecular complexity index is 1880. The summed E-state index contributed by atoms with van der Waals surface area (Å²) in [6.45, 7) is 2.73. The monoisotopic (exact) mass is 549 g/mol. The molecule has 0 fully saturated rings. The predicted octanol–water partition coefficient (Wildman–Crippen LogP) is 7.32. The number of hydrogen-bond donors (Lipinski definition) is 0. The van der Waals surface area contributed by atoms with E-state index in [1.165, 1.54) is 4.68 Å². The number of halogens is 1. The van der Waals surface area contributed by atoms with E-state index in [9.17, 15) is 4.79 Å². The first kappa shape index (κ1) is 25.4. The number of rotatable bonds is 8. The summed E-state index contributed by atoms with van der Waals surface area (Å²) in [7, 11) is 0. The highest BCUT2D eigenvalue weighted by Gasteiger charge is 2.16. The Labute approximate surface area is 234 Å². The van der Waals surface area contributed by atoms with Gasteiger partial charge >= 0.3 is 0 Å². The average molecular weight is 550 g/mol. The number of benzene rings is 4. The molecule has 0 spiro atoms. The van der Waals surface area contributed by atoms with Crippen molar-refractivity contribution >= 4 is 39.7 Å². The van der Waals surface area contributed by atoms with Gasteiger partial charge in [-0.1, -0.05) is 54.1 Å². The smallest absolute Gasteiger partial charge is 0.282 e. The zero-order valence-corrected chi connectivity index (χ0v) is 22.3. The second-order valence-corrected chi connectivity index (χ2v) is 9.45. The van der Waals surface area contributed by atoms with E-state index < -0.39 is 0 Å². The molecule has 0 aliphatic rings. The fraction of sp³-hybridized carbons (Fsp3) is 0.0938. The summed E-state index contributed by atoms with van der Waals surface area (Å²) in [6.07, 6.45) is 1.59. The lowest BCUT2D eigenvalue weighted by atomic mass is 10.2. The van der Waals surface area contributed by atoms with Gasteiger partial charge in [0, 0.05) is 10.4 Å². The SMILES string of the molecule is CCOc1cc(C=Nn2c(-c3cc4ccccc4o3)nc3ccccc3c2=O)ccc1OCc1ccc(Cl)cc1. The Hall–Kier alpha value is -4.88. The minimum atomic E-state index is -0.301. The Kier molecular flexibility index (Phi) is 7.04. The molecule has 2 heterocycles. The average Bonchev–Trinajstić information content (AvgIpc) is 3.41. The molecule has 0 atom stereocenters. The molecular weight excluding hydrogens is 526 g/mol. The molecule has 0 radical (unpaired) electrons. The quantitative estimate of drug-likeness (QED) is 0.186. The molecule has 2 aromatic heterocycles. The van der Waals surface area contributed by atoms with Gasteiger partial charge in [-0.15, -0.1) is 0 Å². The van der Waals surface area contributed by atoms with E-state index in [2.05, 4.69) is 5.10 Å². The van der Waals surface area contributed by atoms with Crippen molar-refractivity contribution in [3.63, 3.8) is 0 Å². The minimum Gasteiger partial charge on any atom is -0.490 e. The third-order valence-corrected chi connectivity index (χ3v) is 6.55. The number of para-hydroxylation sites is 2. The molecule has 0 bridgehead atoms. The molecule has 0 unspecified atom stereocenters. The minimum absolute atomic E-state index is 0.301. The Morgan fingerprint density at radius 2 is 1.73 bits per heavy atom. The largest absolute Gasteiger partial charge is 0.490 e. The second-order valence-electron chi connectivity index (χ2n) is 9.02. The van der Waals surface area contributed by atoms with Crippen molar-refractivity contribution in [2.24, 2.45) is 5.10 Å². The Morgan fingerprint density at radius 1 is 0.925 bits per heavy atom. The molecule has 8 heteroatoms. The van der Waals surface area contributed by atoms with Crippen molar-refractivity contribution in [2.75, 3.05) is 6.61 Å². The first-order chi connectivity index (χ1) is 19.6. The van der Waals surface area contributed by atoms with Crippen LogP contribution in [-0.2, 0) is 6.61 Å². The first-order valence-electron chi connectivity index (χ1n) is 12.8. The van der Waals surface area contributed by atoms with Crippen LogP contribution in [0.3, 0.4) is 0 Å². The number of nitrogens with zero attached hydrogens (tertiary/aromatic N) is 3. The summed E-state index contributed by atoms with van der Waals surface area (Å²) in [5, 5.41) is 6.59. The number of fused-ring (bicyclic) bond motifs is 2. The maximum Gasteiger partial charge on any atom is 0.282 e. The molecule has 40 heavy (non-hydrogen) atoms. The van der Waals surface area contributed by atoms with Gasteiger partial charge in [-0.3, -0.25) is 4.79 Å². The van der Waals surface area contributed by atoms with E-state index >= 15 is 0 Å². The van der Waals surface area contributed by atoms with E-state index in [1.807, 2.05) is 85.8 Å². The van der Waals surface area contributed by atoms with Crippen molar-refractivity contribution in [1.29, 1.82) is 0 Å². The third-order valence-electron chi connectivity index (χ3n) is 6.30. The number of furan rings is 1. The van der Waals surface area contributed by atoms with Crippen LogP contribution in [0.15, 0.2) is 111 Å². The normalized spacial score (nSPS) is 11.4. The van der Waals surface area contributed by atoms with Gasteiger partial charge in [0.05, 0.1) is 23.7 Å². The molecule has 7 nitrogen and oxygen atoms in total. The van der Waals surface area contributed by atoms with Crippen LogP contribution in [0.4, 0.5) is 0 Å². The van der Waals surface area contributed by atoms with Crippen LogP contribution in [-0.4, -0.2) is 22.5 Å². The summed E-state index contributed by atoms with van der Waals surface area (Å²) in [4.78, 5) is 18.3. The zero-order valence-electron chi connectivity index (χ0n) is 21.6. The van der Waals surface area contributed by atoms with Crippen LogP contribution in [0.1, 0.15) is 18.1 Å². The lowest BCUT2D eigenvalue weighted by molar-refractivity contribution is 0.269. The van der Waals surface area contributed by atoms with Crippen LogP contribution in [0.25, 0.3) is 33.5 Å². The molecule has 0 aliphatic heterocycles. The van der Waals surface area contributed by atoms with Crippen LogP contribution in [0.5, 0.6) is 11.5 Å². The fourth-order valence-electron chi connectivity index (χ4n) is 4.34. The van der Waals surface area contributed by atoms with Gasteiger partial charge in [0.2, 0.25) is 5.82 Å². The molecule has 0 amide bonds. The van der Waals surface area contributed by atoms with Crippen LogP contribution in [0.2, 0.25) is 5.02 Å². The molecule has 4 aromatic carbocycles. The third kappa shape index (κ3) is 5.19. The maximum atomic E-state index is 13.5. The van der Waals surface area contributed by atoms with Crippen molar-refractivity contribution in [3.05, 3.63) is 124 Å². The van der Waals surface area contributed by atoms with Crippen molar-refractivity contribution < 1.29 is 13.9 Å². The van der Waals surface area contributed by atoms with E-state index in [-0.39, 0.29) is 5.56 Å². The van der Waals surface area contributed by atoms with Gasteiger partial charge in [0.1, 0.15) is 12.2 Å². The number of ether oxygens (including phenoxy) is 2. The van der Waals surface area contributed by atoms with Gasteiger partial charge in [-0.25, -0.2) is 4.98 Å². The lowest BCUT2D eigenvalue weighted by Gasteiger charge is -2.13. The van der Waals surface area contributed by atoms with E-state index in [1.54, 1.807) is 24.4 Å². The molecule has 0 N–H and O–H groups in total. The molecule has 198 valence electrons. The summed E-state index contributed by atoms with van der Waals surface area (Å²) in [6, 6.07) is 29.7. The van der Waals surface area contributed by atoms with Crippen LogP contribution >= 0.6 is 11.6 Å². The molecule has 6 aromatic rings. The van der Waals surface area contributed by atoms with Gasteiger partial charge in [0.25, 0.3) is 5.56 Å². The van der Waals surface area contributed by atoms with Gasteiger partial charge in [-0.2, -0.15) is 9.78 Å². The zero-order chi connectivity index (χ0) is 27.5. The van der Waals surface area contributed by atoms with Crippen molar-refractivity contribution in [2.45, 2.75) is 13.5 Å². The summed E-state index contributed by atoms with van der Waals surface area (Å²) in [5.41, 5.74) is 2.67. The molecule has 6 rings (SSSR count). The molecular formula is C32H24ClN3O4. The standard InChI is InChI=1S/C32H24ClN3O4/c1-2-38-29-17-22(13-16-28(29)39-20-21-11-14-24(33)15-12-21)19-34-36-31(30-18-23-7-3-6-10-27(23)40-30)35-26-9-5-4-8-25(26)32(36)37/h3-19H,2,20H2,1H3. The highest BCUT2D eigenvalue weighted by molar-refractivity contribution is 6.30. The van der Waals surface area contributed by atoms with E-state index in [0.29, 0.717) is 57.8 Å². The van der Waals surface area contributed by atoms with Crippen LogP contribution < -0.4 is 15.0 Å².